The van der Waals surface area contributed by atoms with Crippen molar-refractivity contribution in [3.63, 3.8) is 0 Å². The molecule has 0 bridgehead atoms. The molecule has 0 fully saturated rings. The third kappa shape index (κ3) is 22.2. The summed E-state index contributed by atoms with van der Waals surface area (Å²) in [6.07, 6.45) is 30.8. The summed E-state index contributed by atoms with van der Waals surface area (Å²) >= 11 is 0. The first-order chi connectivity index (χ1) is 16.2. The van der Waals surface area contributed by atoms with E-state index in [1.807, 2.05) is 6.08 Å². The molecule has 0 spiro atoms. The van der Waals surface area contributed by atoms with E-state index in [1.54, 1.807) is 6.08 Å². The largest absolute Gasteiger partial charge is 0.394 e. The van der Waals surface area contributed by atoms with Gasteiger partial charge in [0.15, 0.2) is 0 Å². The van der Waals surface area contributed by atoms with E-state index in [4.69, 9.17) is 0 Å². The minimum Gasteiger partial charge on any atom is -0.394 e. The fourth-order valence-corrected chi connectivity index (χ4v) is 3.67. The lowest BCUT2D eigenvalue weighted by molar-refractivity contribution is -0.123. The molecule has 0 aliphatic heterocycles. The zero-order valence-corrected chi connectivity index (χ0v) is 21.6. The topological polar surface area (TPSA) is 69.6 Å². The number of carbonyl (C=O) groups excluding carboxylic acids is 1. The number of hydrogen-bond acceptors (Lipinski definition) is 3. The van der Waals surface area contributed by atoms with Crippen molar-refractivity contribution < 1.29 is 15.0 Å². The molecule has 0 heterocycles. The first kappa shape index (κ1) is 31.6. The van der Waals surface area contributed by atoms with Gasteiger partial charge < -0.3 is 15.5 Å². The van der Waals surface area contributed by atoms with Gasteiger partial charge in [-0.3, -0.25) is 4.79 Å². The number of rotatable bonds is 23. The third-order valence-corrected chi connectivity index (χ3v) is 5.87. The highest BCUT2D eigenvalue weighted by atomic mass is 16.3. The zero-order chi connectivity index (χ0) is 24.4. The van der Waals surface area contributed by atoms with E-state index >= 15 is 0 Å². The predicted molar refractivity (Wildman–Crippen MR) is 142 cm³/mol. The molecule has 0 radical (unpaired) electrons. The molecule has 4 heteroatoms. The maximum absolute atomic E-state index is 12.1. The van der Waals surface area contributed by atoms with Gasteiger partial charge >= 0.3 is 0 Å². The summed E-state index contributed by atoms with van der Waals surface area (Å²) in [4.78, 5) is 12.1. The number of aliphatic hydroxyl groups is 2. The summed E-state index contributed by atoms with van der Waals surface area (Å²) in [5.74, 6) is -0.0878. The average molecular weight is 464 g/mol. The van der Waals surface area contributed by atoms with Gasteiger partial charge in [0.25, 0.3) is 0 Å². The second-order valence-electron chi connectivity index (χ2n) is 9.11. The Morgan fingerprint density at radius 3 is 1.88 bits per heavy atom. The van der Waals surface area contributed by atoms with Crippen LogP contribution in [0.25, 0.3) is 0 Å². The molecular weight excluding hydrogens is 410 g/mol. The molecule has 0 aromatic heterocycles. The normalized spacial score (nSPS) is 13.9. The van der Waals surface area contributed by atoms with Crippen LogP contribution < -0.4 is 5.32 Å². The lowest BCUT2D eigenvalue weighted by Gasteiger charge is -2.20. The molecule has 1 amide bonds. The Morgan fingerprint density at radius 2 is 1.24 bits per heavy atom. The van der Waals surface area contributed by atoms with Crippen LogP contribution in [0.5, 0.6) is 0 Å². The van der Waals surface area contributed by atoms with Crippen LogP contribution in [0.15, 0.2) is 36.5 Å². The number of allylic oxidation sites excluding steroid dienone is 5. The van der Waals surface area contributed by atoms with E-state index in [2.05, 4.69) is 43.5 Å². The highest BCUT2D eigenvalue weighted by Crippen LogP contribution is 2.09. The molecule has 2 unspecified atom stereocenters. The van der Waals surface area contributed by atoms with Gasteiger partial charge in [0, 0.05) is 6.42 Å². The van der Waals surface area contributed by atoms with E-state index in [-0.39, 0.29) is 12.5 Å². The van der Waals surface area contributed by atoms with Crippen LogP contribution in [0.3, 0.4) is 0 Å². The Bertz CT molecular complexity index is 513. The summed E-state index contributed by atoms with van der Waals surface area (Å²) in [6.45, 7) is 4.17. The second kappa shape index (κ2) is 25.2. The Morgan fingerprint density at radius 1 is 0.727 bits per heavy atom. The first-order valence-electron chi connectivity index (χ1n) is 13.7. The molecule has 0 saturated carbocycles. The van der Waals surface area contributed by atoms with Crippen molar-refractivity contribution in [1.29, 1.82) is 0 Å². The quantitative estimate of drug-likeness (QED) is 0.111. The second-order valence-corrected chi connectivity index (χ2v) is 9.11. The lowest BCUT2D eigenvalue weighted by atomic mass is 10.1. The number of unbranched alkanes of at least 4 members (excludes halogenated alkanes) is 12. The van der Waals surface area contributed by atoms with E-state index in [0.29, 0.717) is 6.42 Å². The Labute approximate surface area is 204 Å². The van der Waals surface area contributed by atoms with E-state index in [1.165, 1.54) is 57.8 Å². The number of hydrogen-bond donors (Lipinski definition) is 3. The minimum atomic E-state index is -0.838. The molecule has 3 N–H and O–H groups in total. The van der Waals surface area contributed by atoms with Crippen LogP contribution in [-0.2, 0) is 4.79 Å². The van der Waals surface area contributed by atoms with Crippen molar-refractivity contribution in [2.24, 2.45) is 0 Å². The summed E-state index contributed by atoms with van der Waals surface area (Å²) in [7, 11) is 0. The van der Waals surface area contributed by atoms with Crippen LogP contribution in [0.1, 0.15) is 123 Å². The van der Waals surface area contributed by atoms with Crippen LogP contribution in [-0.4, -0.2) is 34.9 Å². The molecule has 4 nitrogen and oxygen atoms in total. The minimum absolute atomic E-state index is 0.0878. The first-order valence-corrected chi connectivity index (χ1v) is 13.7. The maximum atomic E-state index is 12.1. The molecule has 0 aromatic rings. The van der Waals surface area contributed by atoms with Crippen LogP contribution in [0, 0.1) is 0 Å². The fraction of sp³-hybridized carbons (Fsp3) is 0.759. The van der Waals surface area contributed by atoms with E-state index in [9.17, 15) is 15.0 Å². The van der Waals surface area contributed by atoms with Gasteiger partial charge in [-0.1, -0.05) is 102 Å². The number of nitrogens with one attached hydrogen (secondary N) is 1. The smallest absolute Gasteiger partial charge is 0.220 e. The Balaban J connectivity index is 3.71. The molecule has 0 aromatic carbocycles. The summed E-state index contributed by atoms with van der Waals surface area (Å²) in [6, 6.07) is -0.623. The SMILES string of the molecule is CCCCC/C=C\C/C=C\CCCCCCCC(=O)NC(CO)C(O)/C=C/CCCCCC. The average Bonchev–Trinajstić information content (AvgIpc) is 2.82. The van der Waals surface area contributed by atoms with Gasteiger partial charge in [-0.25, -0.2) is 0 Å². The highest BCUT2D eigenvalue weighted by molar-refractivity contribution is 5.76. The molecule has 192 valence electrons. The molecule has 0 aliphatic carbocycles. The van der Waals surface area contributed by atoms with Crippen molar-refractivity contribution in [3.8, 4) is 0 Å². The molecule has 0 rings (SSSR count). The zero-order valence-electron chi connectivity index (χ0n) is 21.6. The number of amides is 1. The van der Waals surface area contributed by atoms with Gasteiger partial charge in [-0.2, -0.15) is 0 Å². The summed E-state index contributed by atoms with van der Waals surface area (Å²) < 4.78 is 0. The van der Waals surface area contributed by atoms with Crippen molar-refractivity contribution >= 4 is 5.91 Å². The summed E-state index contributed by atoms with van der Waals surface area (Å²) in [5, 5.41) is 22.5. The predicted octanol–water partition coefficient (Wildman–Crippen LogP) is 7.16. The van der Waals surface area contributed by atoms with Crippen molar-refractivity contribution in [1.82, 2.24) is 5.32 Å². The van der Waals surface area contributed by atoms with Gasteiger partial charge in [-0.05, 0) is 51.4 Å². The monoisotopic (exact) mass is 463 g/mol. The highest BCUT2D eigenvalue weighted by Gasteiger charge is 2.17. The fourth-order valence-electron chi connectivity index (χ4n) is 3.67. The van der Waals surface area contributed by atoms with Crippen LogP contribution in [0.2, 0.25) is 0 Å². The van der Waals surface area contributed by atoms with Crippen LogP contribution in [0.4, 0.5) is 0 Å². The standard InChI is InChI=1S/C29H53NO3/c1-3-5-7-9-11-12-13-14-15-16-17-18-19-21-23-25-29(33)30-27(26-31)28(32)24-22-20-10-8-6-4-2/h11-12,14-15,22,24,27-28,31-32H,3-10,13,16-21,23,25-26H2,1-2H3,(H,30,33)/b12-11-,15-14-,24-22+. The van der Waals surface area contributed by atoms with Crippen molar-refractivity contribution in [2.75, 3.05) is 6.61 Å². The van der Waals surface area contributed by atoms with Crippen molar-refractivity contribution in [2.45, 2.75) is 135 Å². The molecular formula is C29H53NO3. The van der Waals surface area contributed by atoms with E-state index < -0.39 is 12.1 Å². The van der Waals surface area contributed by atoms with E-state index in [0.717, 1.165) is 44.9 Å². The Kier molecular flexibility index (Phi) is 24.2. The third-order valence-electron chi connectivity index (χ3n) is 5.87. The molecule has 33 heavy (non-hydrogen) atoms. The summed E-state index contributed by atoms with van der Waals surface area (Å²) in [5.41, 5.74) is 0. The van der Waals surface area contributed by atoms with Crippen molar-refractivity contribution in [3.05, 3.63) is 36.5 Å². The Hall–Kier alpha value is -1.39. The number of aliphatic hydroxyl groups excluding tert-OH is 2. The molecule has 2 atom stereocenters. The van der Waals surface area contributed by atoms with Crippen LogP contribution >= 0.6 is 0 Å². The van der Waals surface area contributed by atoms with Gasteiger partial charge in [-0.15, -0.1) is 0 Å². The van der Waals surface area contributed by atoms with Gasteiger partial charge in [0.05, 0.1) is 18.8 Å². The molecule has 0 saturated heterocycles. The number of carbonyl (C=O) groups is 1. The lowest BCUT2D eigenvalue weighted by Crippen LogP contribution is -2.45. The maximum Gasteiger partial charge on any atom is 0.220 e. The molecule has 0 aliphatic rings. The van der Waals surface area contributed by atoms with Gasteiger partial charge in [0.2, 0.25) is 5.91 Å². The van der Waals surface area contributed by atoms with Gasteiger partial charge in [0.1, 0.15) is 0 Å².